The zero-order chi connectivity index (χ0) is 20.7. The van der Waals surface area contributed by atoms with Crippen LogP contribution >= 0.6 is 0 Å². The van der Waals surface area contributed by atoms with E-state index in [1.807, 2.05) is 24.3 Å². The maximum Gasteiger partial charge on any atom is 0.269 e. The van der Waals surface area contributed by atoms with Gasteiger partial charge in [0.2, 0.25) is 0 Å². The van der Waals surface area contributed by atoms with Gasteiger partial charge in [-0.3, -0.25) is 10.1 Å². The maximum atomic E-state index is 10.7. The Morgan fingerprint density at radius 2 is 1.24 bits per heavy atom. The molecule has 1 N–H and O–H groups in total. The number of nitrogens with zero attached hydrogens (tertiary/aromatic N) is 3. The molecule has 0 radical (unpaired) electrons. The largest absolute Gasteiger partial charge is 0.385 e. The summed E-state index contributed by atoms with van der Waals surface area (Å²) in [7, 11) is 0. The summed E-state index contributed by atoms with van der Waals surface area (Å²) in [4.78, 5) is 10.2. The first-order valence-electron chi connectivity index (χ1n) is 10.7. The van der Waals surface area contributed by atoms with E-state index in [1.165, 1.54) is 69.9 Å². The molecule has 0 bridgehead atoms. The van der Waals surface area contributed by atoms with E-state index in [0.717, 1.165) is 17.9 Å². The summed E-state index contributed by atoms with van der Waals surface area (Å²) >= 11 is 0. The van der Waals surface area contributed by atoms with Crippen LogP contribution in [0.15, 0.2) is 58.8 Å². The first-order valence-corrected chi connectivity index (χ1v) is 10.7. The normalized spacial score (nSPS) is 11.1. The molecule has 2 rings (SSSR count). The number of nitrogens with one attached hydrogen (secondary N) is 1. The molecule has 0 atom stereocenters. The van der Waals surface area contributed by atoms with Gasteiger partial charge in [-0.15, -0.1) is 0 Å². The fourth-order valence-electron chi connectivity index (χ4n) is 3.07. The van der Waals surface area contributed by atoms with Crippen LogP contribution in [0.25, 0.3) is 0 Å². The Labute approximate surface area is 173 Å². The van der Waals surface area contributed by atoms with Crippen molar-refractivity contribution in [1.82, 2.24) is 0 Å². The highest BCUT2D eigenvalue weighted by Crippen LogP contribution is 2.22. The summed E-state index contributed by atoms with van der Waals surface area (Å²) < 4.78 is 0. The van der Waals surface area contributed by atoms with Crippen molar-refractivity contribution in [1.29, 1.82) is 0 Å². The van der Waals surface area contributed by atoms with Gasteiger partial charge < -0.3 is 5.32 Å². The second kappa shape index (κ2) is 13.4. The number of nitro groups is 1. The molecule has 0 amide bonds. The Bertz CT molecular complexity index is 742. The summed E-state index contributed by atoms with van der Waals surface area (Å²) in [6, 6.07) is 13.8. The van der Waals surface area contributed by atoms with Crippen LogP contribution in [0.5, 0.6) is 0 Å². The van der Waals surface area contributed by atoms with Crippen molar-refractivity contribution in [2.45, 2.75) is 64.7 Å². The number of azo groups is 1. The zero-order valence-corrected chi connectivity index (χ0v) is 17.3. The van der Waals surface area contributed by atoms with Gasteiger partial charge in [-0.25, -0.2) is 0 Å². The summed E-state index contributed by atoms with van der Waals surface area (Å²) in [5, 5.41) is 22.4. The summed E-state index contributed by atoms with van der Waals surface area (Å²) in [6.45, 7) is 3.24. The Balaban J connectivity index is 1.62. The predicted octanol–water partition coefficient (Wildman–Crippen LogP) is 7.95. The molecular weight excluding hydrogens is 364 g/mol. The van der Waals surface area contributed by atoms with Gasteiger partial charge in [-0.05, 0) is 42.8 Å². The highest BCUT2D eigenvalue weighted by atomic mass is 16.6. The average Bonchev–Trinajstić information content (AvgIpc) is 2.74. The molecule has 156 valence electrons. The number of nitro benzene ring substituents is 1. The van der Waals surface area contributed by atoms with Crippen molar-refractivity contribution in [3.8, 4) is 0 Å². The third kappa shape index (κ3) is 9.32. The first-order chi connectivity index (χ1) is 14.2. The van der Waals surface area contributed by atoms with Gasteiger partial charge in [0.1, 0.15) is 0 Å². The van der Waals surface area contributed by atoms with E-state index < -0.39 is 4.92 Å². The molecule has 2 aromatic rings. The third-order valence-corrected chi connectivity index (χ3v) is 4.82. The van der Waals surface area contributed by atoms with Crippen LogP contribution < -0.4 is 5.32 Å². The molecule has 0 aliphatic rings. The lowest BCUT2D eigenvalue weighted by molar-refractivity contribution is -0.384. The Morgan fingerprint density at radius 3 is 1.76 bits per heavy atom. The molecule has 0 aliphatic carbocycles. The van der Waals surface area contributed by atoms with Crippen molar-refractivity contribution in [2.24, 2.45) is 10.2 Å². The molecule has 0 heterocycles. The van der Waals surface area contributed by atoms with Gasteiger partial charge in [0.25, 0.3) is 5.69 Å². The fraction of sp³-hybridized carbons (Fsp3) is 0.478. The van der Waals surface area contributed by atoms with Crippen molar-refractivity contribution < 1.29 is 4.92 Å². The molecule has 6 nitrogen and oxygen atoms in total. The second-order valence-corrected chi connectivity index (χ2v) is 7.28. The van der Waals surface area contributed by atoms with Gasteiger partial charge in [0, 0.05) is 24.4 Å². The smallest absolute Gasteiger partial charge is 0.269 e. The van der Waals surface area contributed by atoms with Gasteiger partial charge in [-0.1, -0.05) is 58.3 Å². The Hall–Kier alpha value is -2.76. The fourth-order valence-corrected chi connectivity index (χ4v) is 3.07. The van der Waals surface area contributed by atoms with E-state index in [9.17, 15) is 10.1 Å². The van der Waals surface area contributed by atoms with Gasteiger partial charge in [-0.2, -0.15) is 10.2 Å². The average molecular weight is 397 g/mol. The third-order valence-electron chi connectivity index (χ3n) is 4.82. The standard InChI is InChI=1S/C23H32N4O2/c1-2-3-4-5-6-7-8-9-10-19-24-20-11-13-21(14-12-20)25-26-22-15-17-23(18-16-22)27(28)29/h11-18,24H,2-10,19H2,1H3. The molecular formula is C23H32N4O2. The monoisotopic (exact) mass is 396 g/mol. The number of rotatable bonds is 14. The molecule has 6 heteroatoms. The molecule has 0 saturated heterocycles. The number of non-ortho nitro benzene ring substituents is 1. The SMILES string of the molecule is CCCCCCCCCCCNc1ccc(N=Nc2ccc([N+](=O)[O-])cc2)cc1. The molecule has 0 unspecified atom stereocenters. The molecule has 0 aromatic heterocycles. The minimum Gasteiger partial charge on any atom is -0.385 e. The lowest BCUT2D eigenvalue weighted by Crippen LogP contribution is -2.00. The lowest BCUT2D eigenvalue weighted by Gasteiger charge is -2.06. The molecule has 0 aliphatic heterocycles. The van der Waals surface area contributed by atoms with Crippen LogP contribution in [0.4, 0.5) is 22.7 Å². The maximum absolute atomic E-state index is 10.7. The topological polar surface area (TPSA) is 79.9 Å². The van der Waals surface area contributed by atoms with Crippen LogP contribution in [0.1, 0.15) is 64.7 Å². The van der Waals surface area contributed by atoms with Crippen molar-refractivity contribution in [2.75, 3.05) is 11.9 Å². The van der Waals surface area contributed by atoms with Gasteiger partial charge in [0.05, 0.1) is 16.3 Å². The van der Waals surface area contributed by atoms with Gasteiger partial charge >= 0.3 is 0 Å². The van der Waals surface area contributed by atoms with Crippen molar-refractivity contribution in [3.05, 3.63) is 58.6 Å². The van der Waals surface area contributed by atoms with E-state index in [-0.39, 0.29) is 5.69 Å². The summed E-state index contributed by atoms with van der Waals surface area (Å²) in [5.41, 5.74) is 2.46. The number of anilines is 1. The van der Waals surface area contributed by atoms with E-state index in [0.29, 0.717) is 5.69 Å². The quantitative estimate of drug-likeness (QED) is 0.152. The Kier molecular flexibility index (Phi) is 10.4. The highest BCUT2D eigenvalue weighted by molar-refractivity contribution is 5.51. The minimum atomic E-state index is -0.429. The molecule has 0 fully saturated rings. The minimum absolute atomic E-state index is 0.0475. The first kappa shape index (κ1) is 22.5. The van der Waals surface area contributed by atoms with Crippen molar-refractivity contribution >= 4 is 22.7 Å². The zero-order valence-electron chi connectivity index (χ0n) is 17.3. The van der Waals surface area contributed by atoms with E-state index >= 15 is 0 Å². The molecule has 2 aromatic carbocycles. The van der Waals surface area contributed by atoms with Crippen LogP contribution in [-0.4, -0.2) is 11.5 Å². The van der Waals surface area contributed by atoms with Crippen LogP contribution in [0, 0.1) is 10.1 Å². The van der Waals surface area contributed by atoms with Crippen LogP contribution in [0.2, 0.25) is 0 Å². The molecule has 0 saturated carbocycles. The second-order valence-electron chi connectivity index (χ2n) is 7.28. The van der Waals surface area contributed by atoms with Crippen molar-refractivity contribution in [3.63, 3.8) is 0 Å². The van der Waals surface area contributed by atoms with Crippen LogP contribution in [0.3, 0.4) is 0 Å². The number of hydrogen-bond acceptors (Lipinski definition) is 5. The predicted molar refractivity (Wildman–Crippen MR) is 119 cm³/mol. The van der Waals surface area contributed by atoms with E-state index in [4.69, 9.17) is 0 Å². The number of hydrogen-bond donors (Lipinski definition) is 1. The van der Waals surface area contributed by atoms with E-state index in [1.54, 1.807) is 12.1 Å². The van der Waals surface area contributed by atoms with Crippen LogP contribution in [-0.2, 0) is 0 Å². The number of benzene rings is 2. The lowest BCUT2D eigenvalue weighted by atomic mass is 10.1. The molecule has 29 heavy (non-hydrogen) atoms. The highest BCUT2D eigenvalue weighted by Gasteiger charge is 2.03. The summed E-state index contributed by atoms with van der Waals surface area (Å²) in [5.74, 6) is 0. The molecule has 0 spiro atoms. The summed E-state index contributed by atoms with van der Waals surface area (Å²) in [6.07, 6.45) is 12.0. The van der Waals surface area contributed by atoms with Gasteiger partial charge in [0.15, 0.2) is 0 Å². The Morgan fingerprint density at radius 1 is 0.759 bits per heavy atom. The number of unbranched alkanes of at least 4 members (excludes halogenated alkanes) is 8. The van der Waals surface area contributed by atoms with E-state index in [2.05, 4.69) is 22.5 Å².